The van der Waals surface area contributed by atoms with Crippen LogP contribution in [0.25, 0.3) is 0 Å². The van der Waals surface area contributed by atoms with E-state index in [9.17, 15) is 13.2 Å². The fourth-order valence-electron chi connectivity index (χ4n) is 2.78. The van der Waals surface area contributed by atoms with Crippen molar-refractivity contribution in [3.05, 3.63) is 16.5 Å². The van der Waals surface area contributed by atoms with Gasteiger partial charge in [0.05, 0.1) is 0 Å². The molecular weight excluding hydrogens is 310 g/mol. The summed E-state index contributed by atoms with van der Waals surface area (Å²) in [6, 6.07) is 1.46. The van der Waals surface area contributed by atoms with E-state index in [1.807, 2.05) is 0 Å². The minimum Gasteiger partial charge on any atom is -0.477 e. The first-order chi connectivity index (χ1) is 9.82. The second-order valence-electron chi connectivity index (χ2n) is 5.67. The molecule has 7 heteroatoms. The molecule has 5 nitrogen and oxygen atoms in total. The summed E-state index contributed by atoms with van der Waals surface area (Å²) in [5.41, 5.74) is 0.497. The van der Waals surface area contributed by atoms with Gasteiger partial charge in [0, 0.05) is 13.6 Å². The molecule has 21 heavy (non-hydrogen) atoms. The summed E-state index contributed by atoms with van der Waals surface area (Å²) in [7, 11) is -2.00. The van der Waals surface area contributed by atoms with Crippen molar-refractivity contribution in [2.45, 2.75) is 43.2 Å². The molecule has 0 saturated heterocycles. The molecule has 0 aromatic carbocycles. The van der Waals surface area contributed by atoms with Crippen molar-refractivity contribution in [3.8, 4) is 0 Å². The van der Waals surface area contributed by atoms with Crippen LogP contribution in [0.4, 0.5) is 0 Å². The number of sulfonamides is 1. The maximum Gasteiger partial charge on any atom is 0.346 e. The third-order valence-electron chi connectivity index (χ3n) is 3.99. The molecule has 0 radical (unpaired) electrons. The van der Waals surface area contributed by atoms with Gasteiger partial charge in [0.15, 0.2) is 0 Å². The Morgan fingerprint density at radius 3 is 2.52 bits per heavy atom. The van der Waals surface area contributed by atoms with Gasteiger partial charge >= 0.3 is 5.97 Å². The second-order valence-corrected chi connectivity index (χ2v) is 9.00. The van der Waals surface area contributed by atoms with Crippen LogP contribution in [0.2, 0.25) is 0 Å². The van der Waals surface area contributed by atoms with Gasteiger partial charge in [-0.15, -0.1) is 11.3 Å². The lowest BCUT2D eigenvalue weighted by Gasteiger charge is -2.26. The molecule has 1 fully saturated rings. The number of hydrogen-bond acceptors (Lipinski definition) is 4. The zero-order valence-electron chi connectivity index (χ0n) is 12.3. The Labute approximate surface area is 129 Å². The average molecular weight is 331 g/mol. The summed E-state index contributed by atoms with van der Waals surface area (Å²) < 4.78 is 26.6. The highest BCUT2D eigenvalue weighted by atomic mass is 32.2. The van der Waals surface area contributed by atoms with Crippen LogP contribution >= 0.6 is 11.3 Å². The van der Waals surface area contributed by atoms with Gasteiger partial charge in [0.2, 0.25) is 0 Å². The lowest BCUT2D eigenvalue weighted by Crippen LogP contribution is -2.32. The summed E-state index contributed by atoms with van der Waals surface area (Å²) in [4.78, 5) is 11.1. The Bertz CT molecular complexity index is 615. The van der Waals surface area contributed by atoms with Crippen LogP contribution in [0.1, 0.15) is 47.3 Å². The number of hydrogen-bond donors (Lipinski definition) is 1. The first kappa shape index (κ1) is 16.5. The Balaban J connectivity index is 2.16. The smallest absolute Gasteiger partial charge is 0.346 e. The van der Waals surface area contributed by atoms with Crippen molar-refractivity contribution in [3.63, 3.8) is 0 Å². The lowest BCUT2D eigenvalue weighted by atomic mass is 9.89. The molecule has 0 amide bonds. The van der Waals surface area contributed by atoms with E-state index in [0.29, 0.717) is 18.0 Å². The quantitative estimate of drug-likeness (QED) is 0.900. The van der Waals surface area contributed by atoms with Crippen LogP contribution in [0.5, 0.6) is 0 Å². The molecule has 0 atom stereocenters. The summed E-state index contributed by atoms with van der Waals surface area (Å²) in [5.74, 6) is -0.660. The summed E-state index contributed by atoms with van der Waals surface area (Å²) >= 11 is 0.836. The fraction of sp³-hybridized carbons (Fsp3) is 0.643. The molecule has 2 rings (SSSR count). The zero-order valence-corrected chi connectivity index (χ0v) is 14.0. The SMILES string of the molecule is Cc1cc(S(=O)(=O)N(C)CC2CCCCC2)sc1C(=O)O. The van der Waals surface area contributed by atoms with E-state index in [1.165, 1.54) is 29.6 Å². The van der Waals surface area contributed by atoms with E-state index in [-0.39, 0.29) is 9.09 Å². The molecule has 0 unspecified atom stereocenters. The molecule has 0 spiro atoms. The normalized spacial score (nSPS) is 17.3. The first-order valence-corrected chi connectivity index (χ1v) is 9.38. The highest BCUT2D eigenvalue weighted by Gasteiger charge is 2.28. The number of aromatic carboxylic acids is 1. The van der Waals surface area contributed by atoms with Crippen LogP contribution in [-0.2, 0) is 10.0 Å². The molecule has 0 aliphatic heterocycles. The largest absolute Gasteiger partial charge is 0.477 e. The first-order valence-electron chi connectivity index (χ1n) is 7.12. The van der Waals surface area contributed by atoms with E-state index >= 15 is 0 Å². The Kier molecular flexibility index (Phi) is 5.06. The van der Waals surface area contributed by atoms with E-state index in [2.05, 4.69) is 0 Å². The lowest BCUT2D eigenvalue weighted by molar-refractivity contribution is 0.0701. The number of aryl methyl sites for hydroxylation is 1. The molecule has 1 N–H and O–H groups in total. The van der Waals surface area contributed by atoms with Gasteiger partial charge < -0.3 is 5.11 Å². The minimum atomic E-state index is -3.59. The number of thiophene rings is 1. The van der Waals surface area contributed by atoms with Crippen molar-refractivity contribution >= 4 is 27.3 Å². The molecular formula is C14H21NO4S2. The van der Waals surface area contributed by atoms with Gasteiger partial charge in [-0.1, -0.05) is 19.3 Å². The van der Waals surface area contributed by atoms with Crippen molar-refractivity contribution in [1.29, 1.82) is 0 Å². The molecule has 1 heterocycles. The maximum atomic E-state index is 12.5. The summed E-state index contributed by atoms with van der Waals surface area (Å²) in [5, 5.41) is 9.05. The van der Waals surface area contributed by atoms with E-state index < -0.39 is 16.0 Å². The molecule has 1 aromatic heterocycles. The second kappa shape index (κ2) is 6.46. The number of rotatable bonds is 5. The van der Waals surface area contributed by atoms with Gasteiger partial charge in [0.25, 0.3) is 10.0 Å². The van der Waals surface area contributed by atoms with Crippen molar-refractivity contribution in [2.24, 2.45) is 5.92 Å². The van der Waals surface area contributed by atoms with Crippen LogP contribution < -0.4 is 0 Å². The predicted molar refractivity (Wildman–Crippen MR) is 82.4 cm³/mol. The molecule has 1 aliphatic rings. The Hall–Kier alpha value is -0.920. The van der Waals surface area contributed by atoms with Crippen LogP contribution in [0.3, 0.4) is 0 Å². The minimum absolute atomic E-state index is 0.0969. The average Bonchev–Trinajstić information content (AvgIpc) is 2.82. The van der Waals surface area contributed by atoms with E-state index in [0.717, 1.165) is 24.2 Å². The third-order valence-corrected chi connectivity index (χ3v) is 7.49. The Morgan fingerprint density at radius 2 is 2.00 bits per heavy atom. The summed E-state index contributed by atoms with van der Waals surface area (Å²) in [6.07, 6.45) is 5.71. The topological polar surface area (TPSA) is 74.7 Å². The third kappa shape index (κ3) is 3.64. The number of carbonyl (C=O) groups is 1. The van der Waals surface area contributed by atoms with Gasteiger partial charge in [-0.3, -0.25) is 0 Å². The van der Waals surface area contributed by atoms with Crippen LogP contribution in [0, 0.1) is 12.8 Å². The van der Waals surface area contributed by atoms with Crippen LogP contribution in [-0.4, -0.2) is 37.4 Å². The van der Waals surface area contributed by atoms with Gasteiger partial charge in [-0.25, -0.2) is 13.2 Å². The van der Waals surface area contributed by atoms with Crippen molar-refractivity contribution in [2.75, 3.05) is 13.6 Å². The highest BCUT2D eigenvalue weighted by molar-refractivity contribution is 7.91. The number of carboxylic acids is 1. The molecule has 0 bridgehead atoms. The number of nitrogens with zero attached hydrogens (tertiary/aromatic N) is 1. The van der Waals surface area contributed by atoms with Crippen LogP contribution in [0.15, 0.2) is 10.3 Å². The van der Waals surface area contributed by atoms with E-state index in [1.54, 1.807) is 14.0 Å². The predicted octanol–water partition coefficient (Wildman–Crippen LogP) is 2.96. The summed E-state index contributed by atoms with van der Waals surface area (Å²) in [6.45, 7) is 2.14. The number of carboxylic acid groups (broad SMARTS) is 1. The maximum absolute atomic E-state index is 12.5. The van der Waals surface area contributed by atoms with E-state index in [4.69, 9.17) is 5.11 Å². The Morgan fingerprint density at radius 1 is 1.38 bits per heavy atom. The van der Waals surface area contributed by atoms with Gasteiger partial charge in [-0.2, -0.15) is 4.31 Å². The molecule has 1 aliphatic carbocycles. The molecule has 1 saturated carbocycles. The highest BCUT2D eigenvalue weighted by Crippen LogP contribution is 2.30. The van der Waals surface area contributed by atoms with Gasteiger partial charge in [-0.05, 0) is 37.3 Å². The molecule has 1 aromatic rings. The standard InChI is InChI=1S/C14H21NO4S2/c1-10-8-12(20-13(10)14(16)17)21(18,19)15(2)9-11-6-4-3-5-7-11/h8,11H,3-7,9H2,1-2H3,(H,16,17). The van der Waals surface area contributed by atoms with Crippen molar-refractivity contribution in [1.82, 2.24) is 4.31 Å². The monoisotopic (exact) mass is 331 g/mol. The fourth-order valence-corrected chi connectivity index (χ4v) is 5.61. The molecule has 118 valence electrons. The zero-order chi connectivity index (χ0) is 15.6. The van der Waals surface area contributed by atoms with Crippen molar-refractivity contribution < 1.29 is 18.3 Å². The van der Waals surface area contributed by atoms with Gasteiger partial charge in [0.1, 0.15) is 9.09 Å².